The first-order chi connectivity index (χ1) is 8.82. The molecular formula is C11H7Br2Cl2NO2S. The lowest BCUT2D eigenvalue weighted by molar-refractivity contribution is 0.0702. The van der Waals surface area contributed by atoms with Crippen LogP contribution in [-0.2, 0) is 0 Å². The summed E-state index contributed by atoms with van der Waals surface area (Å²) in [5.74, 6) is -0.892. The van der Waals surface area contributed by atoms with Gasteiger partial charge in [0.15, 0.2) is 0 Å². The minimum atomic E-state index is -0.892. The van der Waals surface area contributed by atoms with Gasteiger partial charge in [0.05, 0.1) is 19.5 Å². The molecule has 1 aromatic heterocycles. The molecule has 0 saturated heterocycles. The summed E-state index contributed by atoms with van der Waals surface area (Å²) in [6, 6.07) is 6.72. The highest BCUT2D eigenvalue weighted by Gasteiger charge is 2.09. The molecule has 19 heavy (non-hydrogen) atoms. The number of carbonyl (C=O) groups is 1. The quantitative estimate of drug-likeness (QED) is 0.563. The molecule has 1 aromatic carbocycles. The Morgan fingerprint density at radius 3 is 2.26 bits per heavy atom. The van der Waals surface area contributed by atoms with Crippen molar-refractivity contribution in [2.75, 3.05) is 5.73 Å². The number of rotatable bonds is 1. The van der Waals surface area contributed by atoms with E-state index in [0.29, 0.717) is 20.6 Å². The van der Waals surface area contributed by atoms with E-state index >= 15 is 0 Å². The zero-order valence-electron chi connectivity index (χ0n) is 9.16. The Hall–Kier alpha value is -0.270. The first-order valence-electron chi connectivity index (χ1n) is 4.70. The smallest absolute Gasteiger partial charge is 0.345 e. The van der Waals surface area contributed by atoms with Crippen LogP contribution < -0.4 is 5.73 Å². The number of halogens is 4. The van der Waals surface area contributed by atoms with Gasteiger partial charge in [-0.05, 0) is 50.1 Å². The molecule has 3 N–H and O–H groups in total. The zero-order chi connectivity index (χ0) is 14.6. The van der Waals surface area contributed by atoms with Gasteiger partial charge in [-0.2, -0.15) is 0 Å². The molecule has 8 heteroatoms. The van der Waals surface area contributed by atoms with Crippen molar-refractivity contribution >= 4 is 78.1 Å². The second-order valence-electron chi connectivity index (χ2n) is 3.18. The van der Waals surface area contributed by atoms with E-state index in [4.69, 9.17) is 34.0 Å². The average molecular weight is 448 g/mol. The number of carboxylic acids is 1. The highest BCUT2D eigenvalue weighted by molar-refractivity contribution is 9.13. The van der Waals surface area contributed by atoms with Crippen molar-refractivity contribution in [3.05, 3.63) is 47.4 Å². The molecule has 0 saturated carbocycles. The molecule has 0 aliphatic carbocycles. The second kappa shape index (κ2) is 7.50. The first kappa shape index (κ1) is 16.8. The van der Waals surface area contributed by atoms with Crippen LogP contribution in [0.1, 0.15) is 9.67 Å². The Balaban J connectivity index is 0.000000191. The lowest BCUT2D eigenvalue weighted by atomic mass is 10.3. The SMILES string of the molecule is Nc1cccc(Cl)c1Cl.O=C(O)c1cc(Br)c(Br)s1. The molecule has 0 amide bonds. The first-order valence-corrected chi connectivity index (χ1v) is 7.86. The third kappa shape index (κ3) is 4.96. The number of hydrogen-bond donors (Lipinski definition) is 2. The molecule has 0 bridgehead atoms. The average Bonchev–Trinajstić information content (AvgIpc) is 2.68. The van der Waals surface area contributed by atoms with Crippen LogP contribution in [0.4, 0.5) is 5.69 Å². The Morgan fingerprint density at radius 1 is 1.32 bits per heavy atom. The number of anilines is 1. The van der Waals surface area contributed by atoms with E-state index in [2.05, 4.69) is 31.9 Å². The van der Waals surface area contributed by atoms with Crippen LogP contribution in [0.2, 0.25) is 10.0 Å². The number of thiophene rings is 1. The van der Waals surface area contributed by atoms with Gasteiger partial charge in [0.1, 0.15) is 4.88 Å². The van der Waals surface area contributed by atoms with Gasteiger partial charge in [-0.15, -0.1) is 11.3 Å². The molecule has 0 spiro atoms. The van der Waals surface area contributed by atoms with Gasteiger partial charge < -0.3 is 10.8 Å². The fraction of sp³-hybridized carbons (Fsp3) is 0. The van der Waals surface area contributed by atoms with Crippen molar-refractivity contribution in [3.63, 3.8) is 0 Å². The van der Waals surface area contributed by atoms with Crippen LogP contribution in [-0.4, -0.2) is 11.1 Å². The molecule has 0 atom stereocenters. The van der Waals surface area contributed by atoms with Gasteiger partial charge in [-0.1, -0.05) is 29.3 Å². The predicted octanol–water partition coefficient (Wildman–Crippen LogP) is 5.55. The number of hydrogen-bond acceptors (Lipinski definition) is 3. The number of carboxylic acid groups (broad SMARTS) is 1. The third-order valence-corrected chi connectivity index (χ3v) is 5.92. The highest BCUT2D eigenvalue weighted by Crippen LogP contribution is 2.32. The van der Waals surface area contributed by atoms with Gasteiger partial charge in [0.2, 0.25) is 0 Å². The summed E-state index contributed by atoms with van der Waals surface area (Å²) < 4.78 is 1.60. The number of nitrogens with two attached hydrogens (primary N) is 1. The molecule has 0 aliphatic heterocycles. The molecule has 0 unspecified atom stereocenters. The van der Waals surface area contributed by atoms with Gasteiger partial charge in [0.25, 0.3) is 0 Å². The summed E-state index contributed by atoms with van der Waals surface area (Å²) >= 11 is 18.8. The summed E-state index contributed by atoms with van der Waals surface area (Å²) in [6.07, 6.45) is 0. The van der Waals surface area contributed by atoms with Crippen LogP contribution in [0, 0.1) is 0 Å². The van der Waals surface area contributed by atoms with Crippen molar-refractivity contribution < 1.29 is 9.90 Å². The number of nitrogen functional groups attached to an aromatic ring is 1. The Bertz CT molecular complexity index is 565. The van der Waals surface area contributed by atoms with Crippen molar-refractivity contribution in [3.8, 4) is 0 Å². The van der Waals surface area contributed by atoms with E-state index in [1.165, 1.54) is 11.3 Å². The molecule has 2 aromatic rings. The van der Waals surface area contributed by atoms with Gasteiger partial charge in [0, 0.05) is 4.47 Å². The normalized spacial score (nSPS) is 9.68. The van der Waals surface area contributed by atoms with E-state index in [1.807, 2.05) is 0 Å². The molecule has 1 heterocycles. The van der Waals surface area contributed by atoms with E-state index in [-0.39, 0.29) is 0 Å². The maximum Gasteiger partial charge on any atom is 0.345 e. The molecule has 0 aliphatic rings. The topological polar surface area (TPSA) is 63.3 Å². The van der Waals surface area contributed by atoms with E-state index in [9.17, 15) is 4.79 Å². The maximum absolute atomic E-state index is 10.3. The van der Waals surface area contributed by atoms with Crippen LogP contribution in [0.5, 0.6) is 0 Å². The maximum atomic E-state index is 10.3. The second-order valence-corrected chi connectivity index (χ2v) is 7.19. The number of aromatic carboxylic acids is 1. The van der Waals surface area contributed by atoms with Crippen molar-refractivity contribution in [1.29, 1.82) is 0 Å². The molecular weight excluding hydrogens is 441 g/mol. The zero-order valence-corrected chi connectivity index (χ0v) is 14.7. The van der Waals surface area contributed by atoms with Crippen LogP contribution in [0.25, 0.3) is 0 Å². The largest absolute Gasteiger partial charge is 0.477 e. The summed E-state index contributed by atoms with van der Waals surface area (Å²) in [5, 5.41) is 9.42. The Labute approximate surface area is 140 Å². The van der Waals surface area contributed by atoms with Gasteiger partial charge in [-0.25, -0.2) is 4.79 Å². The summed E-state index contributed by atoms with van der Waals surface area (Å²) in [5.41, 5.74) is 5.92. The monoisotopic (exact) mass is 445 g/mol. The van der Waals surface area contributed by atoms with E-state index in [0.717, 1.165) is 8.26 Å². The van der Waals surface area contributed by atoms with Crippen molar-refractivity contribution in [2.45, 2.75) is 0 Å². The van der Waals surface area contributed by atoms with Crippen LogP contribution in [0.3, 0.4) is 0 Å². The van der Waals surface area contributed by atoms with Crippen molar-refractivity contribution in [2.24, 2.45) is 0 Å². The third-order valence-electron chi connectivity index (χ3n) is 1.84. The number of benzene rings is 1. The summed E-state index contributed by atoms with van der Waals surface area (Å²) in [4.78, 5) is 10.7. The highest BCUT2D eigenvalue weighted by atomic mass is 79.9. The lowest BCUT2D eigenvalue weighted by Crippen LogP contribution is -1.89. The van der Waals surface area contributed by atoms with Crippen LogP contribution in [0.15, 0.2) is 32.5 Å². The molecule has 0 radical (unpaired) electrons. The van der Waals surface area contributed by atoms with E-state index in [1.54, 1.807) is 24.3 Å². The lowest BCUT2D eigenvalue weighted by Gasteiger charge is -1.96. The minimum Gasteiger partial charge on any atom is -0.477 e. The minimum absolute atomic E-state index is 0.332. The predicted molar refractivity (Wildman–Crippen MR) is 87.6 cm³/mol. The molecule has 2 rings (SSSR count). The van der Waals surface area contributed by atoms with E-state index < -0.39 is 5.97 Å². The van der Waals surface area contributed by atoms with Gasteiger partial charge >= 0.3 is 5.97 Å². The Morgan fingerprint density at radius 2 is 1.95 bits per heavy atom. The fourth-order valence-corrected chi connectivity index (χ4v) is 3.15. The molecule has 3 nitrogen and oxygen atoms in total. The molecule has 0 fully saturated rings. The standard InChI is InChI=1S/C6H5Cl2N.C5H2Br2O2S/c7-4-2-1-3-5(9)6(4)8;6-2-1-3(5(8)9)10-4(2)7/h1-3H,9H2;1H,(H,8,9). The van der Waals surface area contributed by atoms with Crippen LogP contribution >= 0.6 is 66.4 Å². The summed E-state index contributed by atoms with van der Waals surface area (Å²) in [6.45, 7) is 0. The molecule has 102 valence electrons. The summed E-state index contributed by atoms with van der Waals surface area (Å²) in [7, 11) is 0. The van der Waals surface area contributed by atoms with Gasteiger partial charge in [-0.3, -0.25) is 0 Å². The van der Waals surface area contributed by atoms with Crippen molar-refractivity contribution in [1.82, 2.24) is 0 Å². The Kier molecular flexibility index (Phi) is 6.62. The fourth-order valence-electron chi connectivity index (χ4n) is 0.972.